The lowest BCUT2D eigenvalue weighted by atomic mass is 10.1. The van der Waals surface area contributed by atoms with Crippen LogP contribution in [0.4, 0.5) is 20.4 Å². The van der Waals surface area contributed by atoms with Crippen molar-refractivity contribution in [2.24, 2.45) is 7.05 Å². The number of anilines is 2. The predicted molar refractivity (Wildman–Crippen MR) is 153 cm³/mol. The number of rotatable bonds is 6. The lowest BCUT2D eigenvalue weighted by Gasteiger charge is -2.08. The molecule has 0 spiro atoms. The molecule has 10 heteroatoms. The molecule has 0 aliphatic carbocycles. The van der Waals surface area contributed by atoms with E-state index in [0.29, 0.717) is 17.2 Å². The van der Waals surface area contributed by atoms with Gasteiger partial charge in [-0.05, 0) is 67.4 Å². The number of nitrogens with zero attached hydrogens (tertiary/aromatic N) is 4. The van der Waals surface area contributed by atoms with Gasteiger partial charge in [0.2, 0.25) is 5.95 Å². The van der Waals surface area contributed by atoms with E-state index in [9.17, 15) is 18.4 Å². The van der Waals surface area contributed by atoms with Crippen LogP contribution in [0.2, 0.25) is 0 Å². The van der Waals surface area contributed by atoms with E-state index < -0.39 is 23.1 Å². The summed E-state index contributed by atoms with van der Waals surface area (Å²) in [7, 11) is 1.62. The highest BCUT2D eigenvalue weighted by atomic mass is 19.2. The summed E-state index contributed by atoms with van der Waals surface area (Å²) in [5.74, 6) is 3.85. The highest BCUT2D eigenvalue weighted by Crippen LogP contribution is 2.18. The SMILES string of the molecule is Cc1cccc(Nc2ncc3cc(C#CCNC(=O)c4c(C)n(C)n(Cc5ccc(F)c(F)c5)c4=O)ccc3n2)c1. The maximum absolute atomic E-state index is 13.6. The van der Waals surface area contributed by atoms with E-state index in [0.717, 1.165) is 39.8 Å². The zero-order valence-corrected chi connectivity index (χ0v) is 22.6. The molecule has 0 saturated heterocycles. The summed E-state index contributed by atoms with van der Waals surface area (Å²) >= 11 is 0. The van der Waals surface area contributed by atoms with Gasteiger partial charge >= 0.3 is 0 Å². The third kappa shape index (κ3) is 5.99. The summed E-state index contributed by atoms with van der Waals surface area (Å²) in [6.45, 7) is 3.66. The van der Waals surface area contributed by atoms with Gasteiger partial charge in [-0.2, -0.15) is 0 Å². The Kier molecular flexibility index (Phi) is 7.61. The molecule has 0 atom stereocenters. The van der Waals surface area contributed by atoms with Crippen LogP contribution in [0.3, 0.4) is 0 Å². The first-order valence-electron chi connectivity index (χ1n) is 12.8. The monoisotopic (exact) mass is 552 g/mol. The quantitative estimate of drug-likeness (QED) is 0.301. The van der Waals surface area contributed by atoms with E-state index in [1.54, 1.807) is 20.2 Å². The number of benzene rings is 3. The van der Waals surface area contributed by atoms with Gasteiger partial charge in [-0.1, -0.05) is 30.0 Å². The average Bonchev–Trinajstić information content (AvgIpc) is 3.16. The number of carbonyl (C=O) groups excluding carboxylic acids is 1. The number of halogens is 2. The Labute approximate surface area is 234 Å². The molecule has 5 rings (SSSR count). The summed E-state index contributed by atoms with van der Waals surface area (Å²) in [5.41, 5.74) is 3.78. The molecule has 3 aromatic carbocycles. The standard InChI is InChI=1S/C31H26F2N6O2/c1-19-6-4-8-24(14-19)36-31-35-17-23-15-21(10-12-27(23)37-31)7-5-13-34-29(40)28-20(2)38(3)39(30(28)41)18-22-9-11-25(32)26(33)16-22/h4,6,8-12,14-17H,13,18H2,1-3H3,(H,34,40)(H,35,36,37). The van der Waals surface area contributed by atoms with Crippen molar-refractivity contribution in [3.8, 4) is 11.8 Å². The third-order valence-electron chi connectivity index (χ3n) is 6.63. The first-order valence-corrected chi connectivity index (χ1v) is 12.8. The van der Waals surface area contributed by atoms with Crippen molar-refractivity contribution in [3.63, 3.8) is 0 Å². The first-order chi connectivity index (χ1) is 19.7. The normalized spacial score (nSPS) is 10.8. The van der Waals surface area contributed by atoms with E-state index in [2.05, 4.69) is 32.4 Å². The average molecular weight is 553 g/mol. The van der Waals surface area contributed by atoms with Crippen molar-refractivity contribution in [3.05, 3.63) is 117 Å². The molecule has 2 N–H and O–H groups in total. The maximum atomic E-state index is 13.6. The number of aromatic nitrogens is 4. The smallest absolute Gasteiger partial charge is 0.280 e. The highest BCUT2D eigenvalue weighted by Gasteiger charge is 2.21. The molecule has 1 amide bonds. The summed E-state index contributed by atoms with van der Waals surface area (Å²) in [6.07, 6.45) is 1.72. The number of nitrogens with one attached hydrogen (secondary N) is 2. The predicted octanol–water partition coefficient (Wildman–Crippen LogP) is 4.60. The van der Waals surface area contributed by atoms with Crippen LogP contribution < -0.4 is 16.2 Å². The third-order valence-corrected chi connectivity index (χ3v) is 6.63. The lowest BCUT2D eigenvalue weighted by molar-refractivity contribution is 0.0956. The van der Waals surface area contributed by atoms with Gasteiger partial charge in [0.25, 0.3) is 11.5 Å². The lowest BCUT2D eigenvalue weighted by Crippen LogP contribution is -2.31. The maximum Gasteiger partial charge on any atom is 0.280 e. The molecule has 8 nitrogen and oxygen atoms in total. The van der Waals surface area contributed by atoms with Gasteiger partial charge in [-0.15, -0.1) is 0 Å². The fourth-order valence-corrected chi connectivity index (χ4v) is 4.40. The molecule has 206 valence electrons. The topological polar surface area (TPSA) is 93.8 Å². The van der Waals surface area contributed by atoms with Gasteiger partial charge in [0, 0.05) is 35.6 Å². The molecule has 0 radical (unpaired) electrons. The van der Waals surface area contributed by atoms with Gasteiger partial charge < -0.3 is 10.6 Å². The summed E-state index contributed by atoms with van der Waals surface area (Å²) in [4.78, 5) is 34.8. The molecule has 0 bridgehead atoms. The van der Waals surface area contributed by atoms with E-state index in [-0.39, 0.29) is 18.7 Å². The Morgan fingerprint density at radius 1 is 1.02 bits per heavy atom. The zero-order valence-electron chi connectivity index (χ0n) is 22.6. The van der Waals surface area contributed by atoms with Crippen molar-refractivity contribution in [2.75, 3.05) is 11.9 Å². The van der Waals surface area contributed by atoms with Crippen molar-refractivity contribution < 1.29 is 13.6 Å². The molecule has 41 heavy (non-hydrogen) atoms. The van der Waals surface area contributed by atoms with Gasteiger partial charge in [0.15, 0.2) is 11.6 Å². The van der Waals surface area contributed by atoms with Crippen LogP contribution >= 0.6 is 0 Å². The van der Waals surface area contributed by atoms with Crippen molar-refractivity contribution in [1.29, 1.82) is 0 Å². The number of amides is 1. The second-order valence-corrected chi connectivity index (χ2v) is 9.54. The molecule has 2 aromatic heterocycles. The van der Waals surface area contributed by atoms with Gasteiger partial charge in [0.1, 0.15) is 5.56 Å². The molecular weight excluding hydrogens is 526 g/mol. The highest BCUT2D eigenvalue weighted by molar-refractivity contribution is 5.95. The van der Waals surface area contributed by atoms with Crippen molar-refractivity contribution >= 4 is 28.4 Å². The molecule has 5 aromatic rings. The Morgan fingerprint density at radius 2 is 1.85 bits per heavy atom. The largest absolute Gasteiger partial charge is 0.341 e. The Bertz CT molecular complexity index is 1920. The Hall–Kier alpha value is -5.30. The Morgan fingerprint density at radius 3 is 2.63 bits per heavy atom. The molecule has 2 heterocycles. The minimum Gasteiger partial charge on any atom is -0.341 e. The van der Waals surface area contributed by atoms with Crippen molar-refractivity contribution in [2.45, 2.75) is 20.4 Å². The minimum atomic E-state index is -1.00. The molecule has 0 aliphatic rings. The second kappa shape index (κ2) is 11.4. The van der Waals surface area contributed by atoms with Gasteiger partial charge in [0.05, 0.1) is 18.6 Å². The van der Waals surface area contributed by atoms with E-state index in [1.165, 1.54) is 15.4 Å². The van der Waals surface area contributed by atoms with Crippen LogP contribution in [0, 0.1) is 37.3 Å². The zero-order chi connectivity index (χ0) is 29.1. The fraction of sp³-hybridized carbons (Fsp3) is 0.161. The van der Waals surface area contributed by atoms with Crippen LogP contribution in [0.15, 0.2) is 71.7 Å². The number of fused-ring (bicyclic) bond motifs is 1. The molecular formula is C31H26F2N6O2. The first kappa shape index (κ1) is 27.3. The second-order valence-electron chi connectivity index (χ2n) is 9.54. The number of carbonyl (C=O) groups is 1. The fourth-order valence-electron chi connectivity index (χ4n) is 4.40. The number of hydrogen-bond donors (Lipinski definition) is 2. The van der Waals surface area contributed by atoms with E-state index >= 15 is 0 Å². The Balaban J connectivity index is 1.24. The van der Waals surface area contributed by atoms with E-state index in [1.807, 2.05) is 49.4 Å². The van der Waals surface area contributed by atoms with Crippen LogP contribution in [0.25, 0.3) is 10.9 Å². The molecule has 0 saturated carbocycles. The summed E-state index contributed by atoms with van der Waals surface area (Å²) in [6, 6.07) is 16.9. The van der Waals surface area contributed by atoms with Crippen molar-refractivity contribution in [1.82, 2.24) is 24.6 Å². The van der Waals surface area contributed by atoms with Gasteiger partial charge in [-0.3, -0.25) is 14.3 Å². The summed E-state index contributed by atoms with van der Waals surface area (Å²) < 4.78 is 29.7. The molecule has 0 aliphatic heterocycles. The van der Waals surface area contributed by atoms with Crippen LogP contribution in [-0.2, 0) is 13.6 Å². The van der Waals surface area contributed by atoms with Gasteiger partial charge in [-0.25, -0.2) is 23.4 Å². The molecule has 0 unspecified atom stereocenters. The number of hydrogen-bond acceptors (Lipinski definition) is 5. The number of aryl methyl sites for hydroxylation is 1. The van der Waals surface area contributed by atoms with Crippen LogP contribution in [0.5, 0.6) is 0 Å². The van der Waals surface area contributed by atoms with Crippen LogP contribution in [0.1, 0.15) is 32.7 Å². The summed E-state index contributed by atoms with van der Waals surface area (Å²) in [5, 5.41) is 6.68. The minimum absolute atomic E-state index is 0.0175. The molecule has 0 fully saturated rings. The van der Waals surface area contributed by atoms with E-state index in [4.69, 9.17) is 0 Å². The van der Waals surface area contributed by atoms with Crippen LogP contribution in [-0.4, -0.2) is 31.8 Å².